The Labute approximate surface area is 174 Å². The van der Waals surface area contributed by atoms with Gasteiger partial charge in [-0.2, -0.15) is 4.31 Å². The molecule has 8 heteroatoms. The Kier molecular flexibility index (Phi) is 5.21. The fraction of sp³-hybridized carbons (Fsp3) is 0.190. The van der Waals surface area contributed by atoms with Crippen LogP contribution in [-0.2, 0) is 23.0 Å². The van der Waals surface area contributed by atoms with Crippen LogP contribution in [0.3, 0.4) is 0 Å². The molecule has 0 unspecified atom stereocenters. The molecule has 0 atom stereocenters. The molecule has 1 aromatic heterocycles. The normalized spacial score (nSPS) is 14.4. The van der Waals surface area contributed by atoms with E-state index in [1.165, 1.54) is 35.5 Å². The van der Waals surface area contributed by atoms with Gasteiger partial charge in [0.2, 0.25) is 10.0 Å². The average molecular weight is 428 g/mol. The largest absolute Gasteiger partial charge is 0.295 e. The van der Waals surface area contributed by atoms with Gasteiger partial charge in [-0.3, -0.25) is 4.79 Å². The highest BCUT2D eigenvalue weighted by Gasteiger charge is 2.29. The van der Waals surface area contributed by atoms with Crippen molar-refractivity contribution < 1.29 is 13.2 Å². The lowest BCUT2D eigenvalue weighted by Crippen LogP contribution is -2.36. The van der Waals surface area contributed by atoms with E-state index in [1.54, 1.807) is 18.3 Å². The first-order chi connectivity index (χ1) is 13.8. The zero-order valence-corrected chi connectivity index (χ0v) is 17.2. The lowest BCUT2D eigenvalue weighted by molar-refractivity contribution is 0.101. The molecule has 1 aliphatic rings. The molecule has 29 heavy (non-hydrogen) atoms. The summed E-state index contributed by atoms with van der Waals surface area (Å²) < 4.78 is 27.4. The number of aromatic nitrogens is 2. The summed E-state index contributed by atoms with van der Waals surface area (Å²) in [5.74, 6) is 0.492. The number of Topliss-reactive ketones (excluding diaryl/α,β-unsaturated/α-hetero) is 1. The van der Waals surface area contributed by atoms with E-state index >= 15 is 0 Å². The molecule has 148 valence electrons. The molecule has 0 N–H and O–H groups in total. The number of ketones is 1. The Hall–Kier alpha value is -2.61. The minimum atomic E-state index is -3.66. The molecule has 2 heterocycles. The maximum atomic E-state index is 13.0. The van der Waals surface area contributed by atoms with Crippen molar-refractivity contribution in [2.45, 2.75) is 24.8 Å². The Bertz CT molecular complexity index is 1180. The molecule has 0 bridgehead atoms. The van der Waals surface area contributed by atoms with Gasteiger partial charge in [0.15, 0.2) is 11.6 Å². The number of carbonyl (C=O) groups is 1. The average Bonchev–Trinajstić information content (AvgIpc) is 2.73. The number of nitrogens with zero attached hydrogens (tertiary/aromatic N) is 3. The third-order valence-electron chi connectivity index (χ3n) is 4.90. The quantitative estimate of drug-likeness (QED) is 0.592. The summed E-state index contributed by atoms with van der Waals surface area (Å²) in [7, 11) is -3.66. The van der Waals surface area contributed by atoms with Crippen molar-refractivity contribution in [1.29, 1.82) is 0 Å². The number of hydrogen-bond donors (Lipinski definition) is 0. The van der Waals surface area contributed by atoms with Gasteiger partial charge in [0.25, 0.3) is 0 Å². The highest BCUT2D eigenvalue weighted by atomic mass is 35.5. The van der Waals surface area contributed by atoms with Crippen LogP contribution in [0, 0.1) is 0 Å². The van der Waals surface area contributed by atoms with E-state index in [9.17, 15) is 13.2 Å². The van der Waals surface area contributed by atoms with Gasteiger partial charge in [0.05, 0.1) is 10.6 Å². The van der Waals surface area contributed by atoms with Gasteiger partial charge in [-0.25, -0.2) is 18.4 Å². The van der Waals surface area contributed by atoms with Crippen LogP contribution in [0.4, 0.5) is 0 Å². The van der Waals surface area contributed by atoms with E-state index in [4.69, 9.17) is 11.6 Å². The number of sulfonamides is 1. The van der Waals surface area contributed by atoms with Crippen LogP contribution in [0.2, 0.25) is 5.02 Å². The van der Waals surface area contributed by atoms with Gasteiger partial charge >= 0.3 is 0 Å². The smallest absolute Gasteiger partial charge is 0.243 e. The van der Waals surface area contributed by atoms with Crippen molar-refractivity contribution in [1.82, 2.24) is 14.3 Å². The molecule has 0 aliphatic carbocycles. The maximum absolute atomic E-state index is 13.0. The second-order valence-corrected chi connectivity index (χ2v) is 9.22. The fourth-order valence-electron chi connectivity index (χ4n) is 3.24. The van der Waals surface area contributed by atoms with Crippen LogP contribution >= 0.6 is 11.6 Å². The van der Waals surface area contributed by atoms with Gasteiger partial charge < -0.3 is 0 Å². The van der Waals surface area contributed by atoms with Gasteiger partial charge in [-0.05, 0) is 43.3 Å². The van der Waals surface area contributed by atoms with Crippen molar-refractivity contribution in [3.05, 3.63) is 76.6 Å². The van der Waals surface area contributed by atoms with Crippen LogP contribution in [-0.4, -0.2) is 35.0 Å². The number of carbonyl (C=O) groups excluding carboxylic acids is 1. The molecule has 0 radical (unpaired) electrons. The number of rotatable bonds is 4. The van der Waals surface area contributed by atoms with Crippen molar-refractivity contribution in [3.63, 3.8) is 0 Å². The highest BCUT2D eigenvalue weighted by molar-refractivity contribution is 7.89. The SMILES string of the molecule is CC(=O)c1ccc(S(=O)(=O)N2CCc3nc(-c4ccc(Cl)cc4)ncc3C2)cc1. The van der Waals surface area contributed by atoms with E-state index in [0.29, 0.717) is 29.4 Å². The first-order valence-electron chi connectivity index (χ1n) is 9.06. The molecule has 3 aromatic rings. The highest BCUT2D eigenvalue weighted by Crippen LogP contribution is 2.26. The zero-order valence-electron chi connectivity index (χ0n) is 15.7. The molecule has 0 fully saturated rings. The monoisotopic (exact) mass is 427 g/mol. The molecule has 0 saturated heterocycles. The lowest BCUT2D eigenvalue weighted by Gasteiger charge is -2.27. The van der Waals surface area contributed by atoms with Gasteiger partial charge in [-0.1, -0.05) is 23.7 Å². The summed E-state index contributed by atoms with van der Waals surface area (Å²) in [6.07, 6.45) is 2.19. The number of fused-ring (bicyclic) bond motifs is 1. The number of hydrogen-bond acceptors (Lipinski definition) is 5. The van der Waals surface area contributed by atoms with E-state index in [2.05, 4.69) is 9.97 Å². The molecule has 0 amide bonds. The molecular weight excluding hydrogens is 410 g/mol. The zero-order chi connectivity index (χ0) is 20.6. The Balaban J connectivity index is 1.58. The minimum Gasteiger partial charge on any atom is -0.295 e. The van der Waals surface area contributed by atoms with Crippen LogP contribution in [0.25, 0.3) is 11.4 Å². The summed E-state index contributed by atoms with van der Waals surface area (Å²) in [4.78, 5) is 20.6. The van der Waals surface area contributed by atoms with E-state index in [1.807, 2.05) is 12.1 Å². The first kappa shape index (κ1) is 19.7. The summed E-state index contributed by atoms with van der Waals surface area (Å²) in [6, 6.07) is 13.3. The number of halogens is 1. The van der Waals surface area contributed by atoms with Crippen LogP contribution in [0.1, 0.15) is 28.5 Å². The fourth-order valence-corrected chi connectivity index (χ4v) is 4.79. The topological polar surface area (TPSA) is 80.2 Å². The Morgan fingerprint density at radius 1 is 1.07 bits per heavy atom. The summed E-state index contributed by atoms with van der Waals surface area (Å²) in [5.41, 5.74) is 2.98. The molecule has 4 rings (SSSR count). The van der Waals surface area contributed by atoms with Crippen LogP contribution in [0.5, 0.6) is 0 Å². The second kappa shape index (κ2) is 7.67. The number of benzene rings is 2. The van der Waals surface area contributed by atoms with Crippen molar-refractivity contribution in [2.75, 3.05) is 6.54 Å². The van der Waals surface area contributed by atoms with E-state index < -0.39 is 10.0 Å². The predicted octanol–water partition coefficient (Wildman–Crippen LogP) is 3.75. The first-order valence-corrected chi connectivity index (χ1v) is 10.9. The molecule has 6 nitrogen and oxygen atoms in total. The second-order valence-electron chi connectivity index (χ2n) is 6.84. The van der Waals surface area contributed by atoms with E-state index in [0.717, 1.165) is 16.8 Å². The van der Waals surface area contributed by atoms with Gasteiger partial charge in [0, 0.05) is 47.4 Å². The Morgan fingerprint density at radius 3 is 2.41 bits per heavy atom. The van der Waals surface area contributed by atoms with Crippen molar-refractivity contribution in [2.24, 2.45) is 0 Å². The summed E-state index contributed by atoms with van der Waals surface area (Å²) in [5, 5.41) is 0.642. The van der Waals surface area contributed by atoms with Crippen LogP contribution < -0.4 is 0 Å². The predicted molar refractivity (Wildman–Crippen MR) is 110 cm³/mol. The van der Waals surface area contributed by atoms with E-state index in [-0.39, 0.29) is 17.2 Å². The standard InChI is InChI=1S/C21H18ClN3O3S/c1-14(26)15-4-8-19(9-5-15)29(27,28)25-11-10-20-17(13-25)12-23-21(24-20)16-2-6-18(22)7-3-16/h2-9,12H,10-11,13H2,1H3. The van der Waals surface area contributed by atoms with Crippen molar-refractivity contribution >= 4 is 27.4 Å². The Morgan fingerprint density at radius 2 is 1.76 bits per heavy atom. The lowest BCUT2D eigenvalue weighted by atomic mass is 10.1. The third-order valence-corrected chi connectivity index (χ3v) is 7.01. The minimum absolute atomic E-state index is 0.102. The maximum Gasteiger partial charge on any atom is 0.243 e. The van der Waals surface area contributed by atoms with Crippen LogP contribution in [0.15, 0.2) is 59.6 Å². The molecule has 0 saturated carbocycles. The van der Waals surface area contributed by atoms with Gasteiger partial charge in [-0.15, -0.1) is 0 Å². The molecular formula is C21H18ClN3O3S. The molecule has 1 aliphatic heterocycles. The molecule has 2 aromatic carbocycles. The molecule has 0 spiro atoms. The van der Waals surface area contributed by atoms with Crippen molar-refractivity contribution in [3.8, 4) is 11.4 Å². The summed E-state index contributed by atoms with van der Waals surface area (Å²) >= 11 is 5.93. The summed E-state index contributed by atoms with van der Waals surface area (Å²) in [6.45, 7) is 2.00. The third kappa shape index (κ3) is 3.94. The van der Waals surface area contributed by atoms with Gasteiger partial charge in [0.1, 0.15) is 0 Å².